The molecule has 2 aromatic carbocycles. The van der Waals surface area contributed by atoms with Gasteiger partial charge >= 0.3 is 0 Å². The van der Waals surface area contributed by atoms with Gasteiger partial charge in [-0.15, -0.1) is 0 Å². The topological polar surface area (TPSA) is 52.3 Å². The predicted molar refractivity (Wildman–Crippen MR) is 135 cm³/mol. The minimum Gasteiger partial charge on any atom is -0.493 e. The number of allylic oxidation sites excluding steroid dienone is 2. The molecular formula is C30H33NO3. The van der Waals surface area contributed by atoms with E-state index in [2.05, 4.69) is 36.4 Å². The number of carbonyl (C=O) groups excluding carboxylic acids is 1. The van der Waals surface area contributed by atoms with Crippen LogP contribution in [0.2, 0.25) is 0 Å². The molecule has 176 valence electrons. The van der Waals surface area contributed by atoms with Crippen molar-refractivity contribution < 1.29 is 13.9 Å². The highest BCUT2D eigenvalue weighted by Gasteiger charge is 2.18. The Hall–Kier alpha value is -3.14. The number of fused-ring (bicyclic) bond motifs is 1. The number of ether oxygens (including phenoxy) is 1. The second-order valence-electron chi connectivity index (χ2n) is 9.50. The van der Waals surface area contributed by atoms with Gasteiger partial charge in [-0.2, -0.15) is 0 Å². The lowest BCUT2D eigenvalue weighted by Gasteiger charge is -2.21. The molecule has 1 aromatic heterocycles. The summed E-state index contributed by atoms with van der Waals surface area (Å²) in [5.74, 6) is 3.15. The van der Waals surface area contributed by atoms with Gasteiger partial charge in [0, 0.05) is 24.0 Å². The number of rotatable bonds is 8. The molecule has 0 unspecified atom stereocenters. The Balaban J connectivity index is 1.23. The quantitative estimate of drug-likeness (QED) is 0.336. The van der Waals surface area contributed by atoms with Gasteiger partial charge in [-0.3, -0.25) is 0 Å². The Morgan fingerprint density at radius 1 is 1.09 bits per heavy atom. The monoisotopic (exact) mass is 455 g/mol. The van der Waals surface area contributed by atoms with E-state index >= 15 is 0 Å². The Morgan fingerprint density at radius 3 is 2.71 bits per heavy atom. The molecular weight excluding hydrogens is 422 g/mol. The Bertz CT molecular complexity index is 1170. The SMILES string of the molecule is Cc1oc(-c2ccc(C3CCCCC3)cc2)nc1CCOc1cccc2c1CCC=C2CC=O. The largest absolute Gasteiger partial charge is 0.493 e. The lowest BCUT2D eigenvalue weighted by atomic mass is 9.84. The maximum atomic E-state index is 11.0. The van der Waals surface area contributed by atoms with Crippen LogP contribution in [0.15, 0.2) is 53.0 Å². The molecule has 0 bridgehead atoms. The summed E-state index contributed by atoms with van der Waals surface area (Å²) in [6, 6.07) is 14.9. The van der Waals surface area contributed by atoms with Gasteiger partial charge in [0.25, 0.3) is 0 Å². The number of aryl methyl sites for hydroxylation is 1. The second-order valence-corrected chi connectivity index (χ2v) is 9.50. The molecule has 3 aromatic rings. The summed E-state index contributed by atoms with van der Waals surface area (Å²) in [5.41, 5.74) is 6.87. The van der Waals surface area contributed by atoms with Crippen molar-refractivity contribution in [3.63, 3.8) is 0 Å². The molecule has 0 radical (unpaired) electrons. The first kappa shape index (κ1) is 22.6. The van der Waals surface area contributed by atoms with E-state index in [1.165, 1.54) is 43.2 Å². The van der Waals surface area contributed by atoms with E-state index < -0.39 is 0 Å². The van der Waals surface area contributed by atoms with E-state index in [-0.39, 0.29) is 0 Å². The number of hydrogen-bond donors (Lipinski definition) is 0. The van der Waals surface area contributed by atoms with Gasteiger partial charge in [0.15, 0.2) is 0 Å². The molecule has 1 heterocycles. The highest BCUT2D eigenvalue weighted by atomic mass is 16.5. The fraction of sp³-hybridized carbons (Fsp3) is 0.400. The fourth-order valence-electron chi connectivity index (χ4n) is 5.42. The highest BCUT2D eigenvalue weighted by molar-refractivity contribution is 5.80. The Kier molecular flexibility index (Phi) is 6.94. The maximum Gasteiger partial charge on any atom is 0.226 e. The zero-order valence-corrected chi connectivity index (χ0v) is 20.0. The summed E-state index contributed by atoms with van der Waals surface area (Å²) < 4.78 is 12.2. The standard InChI is InChI=1S/C30H33NO3/c1-21-28(18-20-33-29-12-6-10-26-24(17-19-32)9-5-11-27(26)29)31-30(34-21)25-15-13-23(14-16-25)22-7-3-2-4-8-22/h6,9-10,12-16,19,22H,2-5,7-8,11,17-18,20H2,1H3. The van der Waals surface area contributed by atoms with Crippen LogP contribution in [0.5, 0.6) is 5.75 Å². The van der Waals surface area contributed by atoms with Crippen molar-refractivity contribution in [1.29, 1.82) is 0 Å². The van der Waals surface area contributed by atoms with Crippen molar-refractivity contribution in [2.24, 2.45) is 0 Å². The zero-order valence-electron chi connectivity index (χ0n) is 20.0. The van der Waals surface area contributed by atoms with Crippen molar-refractivity contribution in [2.75, 3.05) is 6.61 Å². The normalized spacial score (nSPS) is 16.1. The van der Waals surface area contributed by atoms with Crippen molar-refractivity contribution in [3.05, 3.63) is 76.7 Å². The highest BCUT2D eigenvalue weighted by Crippen LogP contribution is 2.35. The number of nitrogens with zero attached hydrogens (tertiary/aromatic N) is 1. The molecule has 0 saturated heterocycles. The molecule has 34 heavy (non-hydrogen) atoms. The molecule has 2 aliphatic rings. The van der Waals surface area contributed by atoms with Crippen LogP contribution < -0.4 is 4.74 Å². The molecule has 0 spiro atoms. The summed E-state index contributed by atoms with van der Waals surface area (Å²) >= 11 is 0. The van der Waals surface area contributed by atoms with Crippen molar-refractivity contribution in [1.82, 2.24) is 4.98 Å². The van der Waals surface area contributed by atoms with E-state index in [1.807, 2.05) is 19.1 Å². The summed E-state index contributed by atoms with van der Waals surface area (Å²) in [7, 11) is 0. The molecule has 1 fully saturated rings. The first-order valence-electron chi connectivity index (χ1n) is 12.7. The minimum atomic E-state index is 0.457. The number of benzene rings is 2. The Morgan fingerprint density at radius 2 is 1.91 bits per heavy atom. The minimum absolute atomic E-state index is 0.457. The van der Waals surface area contributed by atoms with Gasteiger partial charge in [-0.1, -0.05) is 49.6 Å². The number of hydrogen-bond acceptors (Lipinski definition) is 4. The number of carbonyl (C=O) groups is 1. The van der Waals surface area contributed by atoms with Crippen LogP contribution in [0.3, 0.4) is 0 Å². The van der Waals surface area contributed by atoms with Crippen LogP contribution in [-0.4, -0.2) is 17.9 Å². The average Bonchev–Trinajstić information content (AvgIpc) is 3.25. The third-order valence-electron chi connectivity index (χ3n) is 7.29. The van der Waals surface area contributed by atoms with Gasteiger partial charge in [0.1, 0.15) is 17.8 Å². The molecule has 0 amide bonds. The third-order valence-corrected chi connectivity index (χ3v) is 7.29. The third kappa shape index (κ3) is 4.86. The smallest absolute Gasteiger partial charge is 0.226 e. The maximum absolute atomic E-state index is 11.0. The number of oxazole rings is 1. The zero-order chi connectivity index (χ0) is 23.3. The summed E-state index contributed by atoms with van der Waals surface area (Å²) in [5, 5.41) is 0. The molecule has 4 heteroatoms. The van der Waals surface area contributed by atoms with Crippen molar-refractivity contribution in [2.45, 2.75) is 70.6 Å². The van der Waals surface area contributed by atoms with Crippen LogP contribution in [0, 0.1) is 6.92 Å². The van der Waals surface area contributed by atoms with Gasteiger partial charge < -0.3 is 13.9 Å². The van der Waals surface area contributed by atoms with Gasteiger partial charge in [0.2, 0.25) is 5.89 Å². The van der Waals surface area contributed by atoms with E-state index in [9.17, 15) is 4.79 Å². The lowest BCUT2D eigenvalue weighted by molar-refractivity contribution is -0.107. The fourth-order valence-corrected chi connectivity index (χ4v) is 5.42. The second kappa shape index (κ2) is 10.4. The van der Waals surface area contributed by atoms with Crippen molar-refractivity contribution in [3.8, 4) is 17.2 Å². The molecule has 4 nitrogen and oxygen atoms in total. The summed E-state index contributed by atoms with van der Waals surface area (Å²) in [4.78, 5) is 15.8. The van der Waals surface area contributed by atoms with E-state index in [1.54, 1.807) is 0 Å². The van der Waals surface area contributed by atoms with Crippen LogP contribution in [-0.2, 0) is 17.6 Å². The van der Waals surface area contributed by atoms with Crippen LogP contribution in [0.25, 0.3) is 17.0 Å². The van der Waals surface area contributed by atoms with Gasteiger partial charge in [0.05, 0.1) is 12.3 Å². The molecule has 1 saturated carbocycles. The first-order chi connectivity index (χ1) is 16.7. The van der Waals surface area contributed by atoms with Crippen LogP contribution >= 0.6 is 0 Å². The average molecular weight is 456 g/mol. The lowest BCUT2D eigenvalue weighted by Crippen LogP contribution is -2.08. The number of aromatic nitrogens is 1. The van der Waals surface area contributed by atoms with Crippen molar-refractivity contribution >= 4 is 11.9 Å². The van der Waals surface area contributed by atoms with Gasteiger partial charge in [-0.25, -0.2) is 4.98 Å². The van der Waals surface area contributed by atoms with E-state index in [0.29, 0.717) is 31.3 Å². The molecule has 0 atom stereocenters. The van der Waals surface area contributed by atoms with Gasteiger partial charge in [-0.05, 0) is 73.4 Å². The van der Waals surface area contributed by atoms with E-state index in [0.717, 1.165) is 53.0 Å². The molecule has 0 aliphatic heterocycles. The molecule has 0 N–H and O–H groups in total. The number of aldehydes is 1. The molecule has 5 rings (SSSR count). The van der Waals surface area contributed by atoms with E-state index in [4.69, 9.17) is 14.1 Å². The first-order valence-corrected chi connectivity index (χ1v) is 12.7. The summed E-state index contributed by atoms with van der Waals surface area (Å²) in [6.45, 7) is 2.51. The predicted octanol–water partition coefficient (Wildman–Crippen LogP) is 7.24. The summed E-state index contributed by atoms with van der Waals surface area (Å²) in [6.07, 6.45) is 12.9. The van der Waals surface area contributed by atoms with Crippen LogP contribution in [0.1, 0.15) is 79.0 Å². The van der Waals surface area contributed by atoms with Crippen LogP contribution in [0.4, 0.5) is 0 Å². The molecule has 2 aliphatic carbocycles. The Labute approximate surface area is 202 Å².